The van der Waals surface area contributed by atoms with E-state index < -0.39 is 11.4 Å². The fourth-order valence-corrected chi connectivity index (χ4v) is 2.29. The van der Waals surface area contributed by atoms with Crippen LogP contribution in [0.1, 0.15) is 24.3 Å². The predicted octanol–water partition coefficient (Wildman–Crippen LogP) is 1.01. The molecular weight excluding hydrogens is 228 g/mol. The number of thiazole rings is 1. The number of carboxylic acids is 1. The van der Waals surface area contributed by atoms with Crippen LogP contribution in [-0.4, -0.2) is 22.0 Å². The molecule has 1 saturated carbocycles. The highest BCUT2D eigenvalue weighted by Gasteiger charge is 2.51. The molecular formula is C10H12N2O3S. The van der Waals surface area contributed by atoms with Crippen LogP contribution in [0.15, 0.2) is 11.6 Å². The number of carboxylic acid groups (broad SMARTS) is 1. The number of rotatable bonds is 4. The van der Waals surface area contributed by atoms with E-state index in [-0.39, 0.29) is 5.91 Å². The summed E-state index contributed by atoms with van der Waals surface area (Å²) in [6.07, 6.45) is 3.33. The largest absolute Gasteiger partial charge is 0.480 e. The molecule has 0 atom stereocenters. The number of nitrogens with zero attached hydrogens (tertiary/aromatic N) is 1. The first-order chi connectivity index (χ1) is 7.65. The molecule has 1 aromatic rings. The molecule has 2 N–H and O–H groups in total. The molecule has 6 heteroatoms. The number of aromatic nitrogens is 1. The Hall–Kier alpha value is -1.43. The van der Waals surface area contributed by atoms with Crippen LogP contribution in [0.2, 0.25) is 0 Å². The van der Waals surface area contributed by atoms with Crippen molar-refractivity contribution in [1.29, 1.82) is 0 Å². The number of hydrogen-bond acceptors (Lipinski definition) is 4. The van der Waals surface area contributed by atoms with E-state index in [4.69, 9.17) is 5.11 Å². The van der Waals surface area contributed by atoms with E-state index in [1.165, 1.54) is 11.3 Å². The minimum Gasteiger partial charge on any atom is -0.480 e. The van der Waals surface area contributed by atoms with Gasteiger partial charge in [0.25, 0.3) is 0 Å². The van der Waals surface area contributed by atoms with Crippen molar-refractivity contribution >= 4 is 23.2 Å². The van der Waals surface area contributed by atoms with Gasteiger partial charge in [0, 0.05) is 11.6 Å². The van der Waals surface area contributed by atoms with Crippen LogP contribution in [0.25, 0.3) is 0 Å². The third-order valence-electron chi connectivity index (χ3n) is 2.93. The summed E-state index contributed by atoms with van der Waals surface area (Å²) in [6.45, 7) is 0.311. The Kier molecular flexibility index (Phi) is 2.91. The quantitative estimate of drug-likeness (QED) is 0.770. The van der Waals surface area contributed by atoms with E-state index in [0.29, 0.717) is 19.4 Å². The third kappa shape index (κ3) is 1.80. The Balaban J connectivity index is 1.95. The summed E-state index contributed by atoms with van der Waals surface area (Å²) in [4.78, 5) is 26.8. The first kappa shape index (κ1) is 11.1. The fraction of sp³-hybridized carbons (Fsp3) is 0.500. The van der Waals surface area contributed by atoms with Crippen molar-refractivity contribution in [3.63, 3.8) is 0 Å². The predicted molar refractivity (Wildman–Crippen MR) is 57.9 cm³/mol. The summed E-state index contributed by atoms with van der Waals surface area (Å²) in [7, 11) is 0. The summed E-state index contributed by atoms with van der Waals surface area (Å²) in [6, 6.07) is 0. The van der Waals surface area contributed by atoms with Crippen molar-refractivity contribution in [3.8, 4) is 0 Å². The summed E-state index contributed by atoms with van der Waals surface area (Å²) in [5.41, 5.74) is -1.18. The third-order valence-corrected chi connectivity index (χ3v) is 3.71. The van der Waals surface area contributed by atoms with Gasteiger partial charge >= 0.3 is 5.97 Å². The number of aliphatic carboxylic acids is 1. The second-order valence-electron chi connectivity index (χ2n) is 3.85. The average molecular weight is 240 g/mol. The lowest BCUT2D eigenvalue weighted by molar-refractivity contribution is -0.162. The molecule has 1 fully saturated rings. The van der Waals surface area contributed by atoms with Crippen molar-refractivity contribution < 1.29 is 14.7 Å². The molecule has 1 aliphatic rings. The lowest BCUT2D eigenvalue weighted by atomic mass is 9.68. The highest BCUT2D eigenvalue weighted by molar-refractivity contribution is 7.09. The normalized spacial score (nSPS) is 17.5. The number of amides is 1. The van der Waals surface area contributed by atoms with Crippen molar-refractivity contribution in [2.45, 2.75) is 25.8 Å². The molecule has 1 amide bonds. The molecule has 0 spiro atoms. The fourth-order valence-electron chi connectivity index (χ4n) is 1.73. The van der Waals surface area contributed by atoms with Crippen LogP contribution in [-0.2, 0) is 16.1 Å². The van der Waals surface area contributed by atoms with Crippen molar-refractivity contribution in [1.82, 2.24) is 10.3 Å². The first-order valence-electron chi connectivity index (χ1n) is 5.05. The van der Waals surface area contributed by atoms with Gasteiger partial charge < -0.3 is 10.4 Å². The number of carbonyl (C=O) groups is 2. The van der Waals surface area contributed by atoms with Crippen molar-refractivity contribution in [2.75, 3.05) is 0 Å². The summed E-state index contributed by atoms with van der Waals surface area (Å²) in [5, 5.41) is 14.3. The molecule has 0 bridgehead atoms. The van der Waals surface area contributed by atoms with E-state index in [1.807, 2.05) is 5.38 Å². The zero-order chi connectivity index (χ0) is 11.6. The summed E-state index contributed by atoms with van der Waals surface area (Å²) in [5.74, 6) is -1.41. The zero-order valence-electron chi connectivity index (χ0n) is 8.60. The SMILES string of the molecule is O=C(O)C1(C(=O)NCc2nccs2)CCC1. The van der Waals surface area contributed by atoms with E-state index in [2.05, 4.69) is 10.3 Å². The Morgan fingerprint density at radius 1 is 1.56 bits per heavy atom. The average Bonchev–Trinajstić information content (AvgIpc) is 2.64. The zero-order valence-corrected chi connectivity index (χ0v) is 9.42. The lowest BCUT2D eigenvalue weighted by Crippen LogP contribution is -2.50. The maximum absolute atomic E-state index is 11.8. The van der Waals surface area contributed by atoms with Gasteiger partial charge in [-0.15, -0.1) is 11.3 Å². The Labute approximate surface area is 96.5 Å². The van der Waals surface area contributed by atoms with E-state index in [0.717, 1.165) is 11.4 Å². The van der Waals surface area contributed by atoms with Gasteiger partial charge in [-0.25, -0.2) is 4.98 Å². The van der Waals surface area contributed by atoms with Gasteiger partial charge in [0.05, 0.1) is 6.54 Å². The maximum atomic E-state index is 11.8. The van der Waals surface area contributed by atoms with Gasteiger partial charge in [-0.1, -0.05) is 6.42 Å². The number of hydrogen-bond donors (Lipinski definition) is 2. The number of nitrogens with one attached hydrogen (secondary N) is 1. The van der Waals surface area contributed by atoms with Crippen LogP contribution in [0.3, 0.4) is 0 Å². The lowest BCUT2D eigenvalue weighted by Gasteiger charge is -2.35. The smallest absolute Gasteiger partial charge is 0.319 e. The van der Waals surface area contributed by atoms with Gasteiger partial charge in [0.1, 0.15) is 10.4 Å². The standard InChI is InChI=1S/C10H12N2O3S/c13-8(10(9(14)15)2-1-3-10)12-6-7-11-4-5-16-7/h4-5H,1-3,6H2,(H,12,13)(H,14,15). The van der Waals surface area contributed by atoms with E-state index >= 15 is 0 Å². The molecule has 0 radical (unpaired) electrons. The molecule has 86 valence electrons. The minimum atomic E-state index is -1.18. The van der Waals surface area contributed by atoms with Gasteiger partial charge in [-0.2, -0.15) is 0 Å². The van der Waals surface area contributed by atoms with Gasteiger partial charge in [0.2, 0.25) is 5.91 Å². The van der Waals surface area contributed by atoms with Gasteiger partial charge in [-0.05, 0) is 12.8 Å². The molecule has 0 unspecified atom stereocenters. The molecule has 1 heterocycles. The van der Waals surface area contributed by atoms with E-state index in [9.17, 15) is 9.59 Å². The second-order valence-corrected chi connectivity index (χ2v) is 4.83. The topological polar surface area (TPSA) is 79.3 Å². The van der Waals surface area contributed by atoms with Crippen LogP contribution in [0, 0.1) is 5.41 Å². The van der Waals surface area contributed by atoms with Crippen LogP contribution in [0.5, 0.6) is 0 Å². The first-order valence-corrected chi connectivity index (χ1v) is 5.93. The summed E-state index contributed by atoms with van der Waals surface area (Å²) >= 11 is 1.44. The molecule has 0 aliphatic heterocycles. The highest BCUT2D eigenvalue weighted by Crippen LogP contribution is 2.41. The molecule has 1 aromatic heterocycles. The van der Waals surface area contributed by atoms with Gasteiger partial charge in [-0.3, -0.25) is 9.59 Å². The van der Waals surface area contributed by atoms with Crippen LogP contribution < -0.4 is 5.32 Å². The molecule has 2 rings (SSSR count). The molecule has 16 heavy (non-hydrogen) atoms. The monoisotopic (exact) mass is 240 g/mol. The van der Waals surface area contributed by atoms with Gasteiger partial charge in [0.15, 0.2) is 0 Å². The Morgan fingerprint density at radius 2 is 2.31 bits per heavy atom. The Morgan fingerprint density at radius 3 is 2.75 bits per heavy atom. The molecule has 0 saturated heterocycles. The maximum Gasteiger partial charge on any atom is 0.319 e. The number of carbonyl (C=O) groups excluding carboxylic acids is 1. The van der Waals surface area contributed by atoms with Crippen molar-refractivity contribution in [3.05, 3.63) is 16.6 Å². The summed E-state index contributed by atoms with van der Waals surface area (Å²) < 4.78 is 0. The minimum absolute atomic E-state index is 0.311. The molecule has 1 aliphatic carbocycles. The molecule has 0 aromatic carbocycles. The van der Waals surface area contributed by atoms with E-state index in [1.54, 1.807) is 6.20 Å². The van der Waals surface area contributed by atoms with Crippen molar-refractivity contribution in [2.24, 2.45) is 5.41 Å². The second kappa shape index (κ2) is 4.21. The highest BCUT2D eigenvalue weighted by atomic mass is 32.1. The Bertz CT molecular complexity index is 398. The van der Waals surface area contributed by atoms with Crippen LogP contribution >= 0.6 is 11.3 Å². The molecule has 5 nitrogen and oxygen atoms in total. The van der Waals surface area contributed by atoms with Crippen LogP contribution in [0.4, 0.5) is 0 Å².